The lowest BCUT2D eigenvalue weighted by Gasteiger charge is -2.10. The zero-order valence-corrected chi connectivity index (χ0v) is 13.2. The van der Waals surface area contributed by atoms with E-state index in [1.165, 1.54) is 11.1 Å². The maximum atomic E-state index is 5.86. The number of benzene rings is 2. The lowest BCUT2D eigenvalue weighted by Crippen LogP contribution is -1.97. The molecule has 2 heteroatoms. The molecule has 0 heterocycles. The van der Waals surface area contributed by atoms with Gasteiger partial charge in [-0.2, -0.15) is 0 Å². The van der Waals surface area contributed by atoms with Gasteiger partial charge < -0.3 is 4.74 Å². The molecule has 0 radical (unpaired) electrons. The Balaban J connectivity index is 2.02. The summed E-state index contributed by atoms with van der Waals surface area (Å²) < 4.78 is 6.94. The van der Waals surface area contributed by atoms with Crippen LogP contribution in [0, 0.1) is 6.92 Å². The predicted octanol–water partition coefficient (Wildman–Crippen LogP) is 5.46. The summed E-state index contributed by atoms with van der Waals surface area (Å²) in [4.78, 5) is 0. The second-order valence-electron chi connectivity index (χ2n) is 5.09. The second-order valence-corrected chi connectivity index (χ2v) is 6.01. The molecule has 2 rings (SSSR count). The molecule has 0 aliphatic rings. The molecule has 19 heavy (non-hydrogen) atoms. The maximum Gasteiger partial charge on any atom is 0.122 e. The molecule has 0 N–H and O–H groups in total. The number of ether oxygens (including phenoxy) is 1. The molecule has 0 aromatic heterocycles. The molecule has 2 aromatic rings. The first-order valence-electron chi connectivity index (χ1n) is 6.54. The predicted molar refractivity (Wildman–Crippen MR) is 83.7 cm³/mol. The normalized spacial score (nSPS) is 10.8. The summed E-state index contributed by atoms with van der Waals surface area (Å²) in [6, 6.07) is 14.7. The Labute approximate surface area is 123 Å². The molecule has 0 spiro atoms. The number of rotatable bonds is 4. The minimum Gasteiger partial charge on any atom is -0.489 e. The average molecular weight is 319 g/mol. The maximum absolute atomic E-state index is 5.86. The largest absolute Gasteiger partial charge is 0.489 e. The van der Waals surface area contributed by atoms with Crippen LogP contribution in [-0.4, -0.2) is 0 Å². The standard InChI is InChI=1S/C17H19BrO/c1-12(2)15-6-4-14(5-7-15)11-19-17-9-8-16(18)10-13(17)3/h4-10,12H,11H2,1-3H3. The van der Waals surface area contributed by atoms with Gasteiger partial charge in [-0.05, 0) is 47.7 Å². The molecule has 0 aliphatic carbocycles. The van der Waals surface area contributed by atoms with Crippen molar-refractivity contribution < 1.29 is 4.74 Å². The van der Waals surface area contributed by atoms with Gasteiger partial charge in [-0.15, -0.1) is 0 Å². The Bertz CT molecular complexity index is 544. The van der Waals surface area contributed by atoms with Gasteiger partial charge in [0.2, 0.25) is 0 Å². The van der Waals surface area contributed by atoms with E-state index >= 15 is 0 Å². The van der Waals surface area contributed by atoms with Crippen LogP contribution in [0.4, 0.5) is 0 Å². The van der Waals surface area contributed by atoms with Gasteiger partial charge in [-0.3, -0.25) is 0 Å². The molecule has 0 unspecified atom stereocenters. The number of halogens is 1. The third-order valence-corrected chi connectivity index (χ3v) is 3.67. The molecule has 0 aliphatic heterocycles. The summed E-state index contributed by atoms with van der Waals surface area (Å²) in [6.45, 7) is 7.08. The molecule has 0 saturated carbocycles. The van der Waals surface area contributed by atoms with Crippen molar-refractivity contribution in [3.63, 3.8) is 0 Å². The summed E-state index contributed by atoms with van der Waals surface area (Å²) in [5, 5.41) is 0. The number of hydrogen-bond donors (Lipinski definition) is 0. The van der Waals surface area contributed by atoms with Gasteiger partial charge in [0.05, 0.1) is 0 Å². The molecule has 0 amide bonds. The van der Waals surface area contributed by atoms with Crippen molar-refractivity contribution in [3.05, 3.63) is 63.6 Å². The van der Waals surface area contributed by atoms with Gasteiger partial charge in [0, 0.05) is 4.47 Å². The van der Waals surface area contributed by atoms with Gasteiger partial charge in [0.15, 0.2) is 0 Å². The fraction of sp³-hybridized carbons (Fsp3) is 0.294. The van der Waals surface area contributed by atoms with Crippen molar-refractivity contribution in [1.82, 2.24) is 0 Å². The van der Waals surface area contributed by atoms with E-state index in [9.17, 15) is 0 Å². The zero-order valence-electron chi connectivity index (χ0n) is 11.6. The van der Waals surface area contributed by atoms with Crippen LogP contribution >= 0.6 is 15.9 Å². The number of aryl methyl sites for hydroxylation is 1. The minimum atomic E-state index is 0.573. The van der Waals surface area contributed by atoms with Crippen molar-refractivity contribution in [1.29, 1.82) is 0 Å². The monoisotopic (exact) mass is 318 g/mol. The van der Waals surface area contributed by atoms with Crippen molar-refractivity contribution in [2.24, 2.45) is 0 Å². The lowest BCUT2D eigenvalue weighted by molar-refractivity contribution is 0.304. The van der Waals surface area contributed by atoms with Crippen molar-refractivity contribution in [2.45, 2.75) is 33.3 Å². The molecule has 100 valence electrons. The molecule has 0 atom stereocenters. The number of hydrogen-bond acceptors (Lipinski definition) is 1. The summed E-state index contributed by atoms with van der Waals surface area (Å²) in [6.07, 6.45) is 0. The van der Waals surface area contributed by atoms with Crippen molar-refractivity contribution >= 4 is 15.9 Å². The average Bonchev–Trinajstić information content (AvgIpc) is 2.38. The van der Waals surface area contributed by atoms with Gasteiger partial charge in [0.25, 0.3) is 0 Å². The van der Waals surface area contributed by atoms with Crippen LogP contribution in [0.1, 0.15) is 36.5 Å². The Morgan fingerprint density at radius 3 is 2.32 bits per heavy atom. The fourth-order valence-electron chi connectivity index (χ4n) is 1.93. The Kier molecular flexibility index (Phi) is 4.65. The van der Waals surface area contributed by atoms with E-state index in [-0.39, 0.29) is 0 Å². The Morgan fingerprint density at radius 2 is 1.74 bits per heavy atom. The Morgan fingerprint density at radius 1 is 1.05 bits per heavy atom. The van der Waals surface area contributed by atoms with Gasteiger partial charge in [-0.25, -0.2) is 0 Å². The summed E-state index contributed by atoms with van der Waals surface area (Å²) >= 11 is 3.46. The third kappa shape index (κ3) is 3.84. The molecule has 0 bridgehead atoms. The topological polar surface area (TPSA) is 9.23 Å². The van der Waals surface area contributed by atoms with Gasteiger partial charge >= 0.3 is 0 Å². The summed E-state index contributed by atoms with van der Waals surface area (Å²) in [7, 11) is 0. The first-order chi connectivity index (χ1) is 9.06. The highest BCUT2D eigenvalue weighted by Gasteiger charge is 2.02. The van der Waals surface area contributed by atoms with Gasteiger partial charge in [-0.1, -0.05) is 54.0 Å². The van der Waals surface area contributed by atoms with E-state index in [2.05, 4.69) is 67.0 Å². The SMILES string of the molecule is Cc1cc(Br)ccc1OCc1ccc(C(C)C)cc1. The lowest BCUT2D eigenvalue weighted by atomic mass is 10.0. The fourth-order valence-corrected chi connectivity index (χ4v) is 2.41. The molecular weight excluding hydrogens is 300 g/mol. The highest BCUT2D eigenvalue weighted by Crippen LogP contribution is 2.23. The van der Waals surface area contributed by atoms with Crippen LogP contribution in [0.2, 0.25) is 0 Å². The van der Waals surface area contributed by atoms with E-state index in [0.717, 1.165) is 15.8 Å². The minimum absolute atomic E-state index is 0.573. The van der Waals surface area contributed by atoms with Crippen LogP contribution in [0.15, 0.2) is 46.9 Å². The van der Waals surface area contributed by atoms with E-state index in [1.54, 1.807) is 0 Å². The molecule has 2 aromatic carbocycles. The van der Waals surface area contributed by atoms with Crippen LogP contribution in [0.25, 0.3) is 0 Å². The third-order valence-electron chi connectivity index (χ3n) is 3.18. The van der Waals surface area contributed by atoms with E-state index in [4.69, 9.17) is 4.74 Å². The molecule has 0 saturated heterocycles. The van der Waals surface area contributed by atoms with Crippen molar-refractivity contribution in [2.75, 3.05) is 0 Å². The first kappa shape index (κ1) is 14.1. The van der Waals surface area contributed by atoms with Crippen LogP contribution in [0.5, 0.6) is 5.75 Å². The first-order valence-corrected chi connectivity index (χ1v) is 7.33. The second kappa shape index (κ2) is 6.25. The molecule has 1 nitrogen and oxygen atoms in total. The van der Waals surface area contributed by atoms with Gasteiger partial charge in [0.1, 0.15) is 12.4 Å². The highest BCUT2D eigenvalue weighted by atomic mass is 79.9. The van der Waals surface area contributed by atoms with E-state index in [0.29, 0.717) is 12.5 Å². The molecule has 0 fully saturated rings. The zero-order chi connectivity index (χ0) is 13.8. The molecular formula is C17H19BrO. The smallest absolute Gasteiger partial charge is 0.122 e. The summed E-state index contributed by atoms with van der Waals surface area (Å²) in [5.41, 5.74) is 3.71. The van der Waals surface area contributed by atoms with Crippen LogP contribution < -0.4 is 4.74 Å². The van der Waals surface area contributed by atoms with E-state index in [1.807, 2.05) is 12.1 Å². The van der Waals surface area contributed by atoms with E-state index < -0.39 is 0 Å². The van der Waals surface area contributed by atoms with Crippen LogP contribution in [-0.2, 0) is 6.61 Å². The van der Waals surface area contributed by atoms with Crippen molar-refractivity contribution in [3.8, 4) is 5.75 Å². The Hall–Kier alpha value is -1.28. The summed E-state index contributed by atoms with van der Waals surface area (Å²) in [5.74, 6) is 1.51. The van der Waals surface area contributed by atoms with Crippen LogP contribution in [0.3, 0.4) is 0 Å². The quantitative estimate of drug-likeness (QED) is 0.727. The highest BCUT2D eigenvalue weighted by molar-refractivity contribution is 9.10.